The number of fused-ring (bicyclic) bond motifs is 12. The lowest BCUT2D eigenvalue weighted by atomic mass is 10.4. The van der Waals surface area contributed by atoms with Gasteiger partial charge in [0.1, 0.15) is 0 Å². The van der Waals surface area contributed by atoms with E-state index in [1.807, 2.05) is 66.6 Å². The lowest BCUT2D eigenvalue weighted by Crippen LogP contribution is -2.21. The standard InChI is InChI=1S/C27H24N9/c1-2-23-14-32-9-10-34(20-32)16-25-5-6-27(30-25)18-36-12-11-35(21-36)17-26-4-3-24(29-26)15-33-8-7-31(19-33)13-22(1)28-23/h1-12H,13-18H2/q-3. The molecule has 180 valence electrons. The third-order valence-electron chi connectivity index (χ3n) is 6.31. The summed E-state index contributed by atoms with van der Waals surface area (Å²) in [7, 11) is 0. The van der Waals surface area contributed by atoms with E-state index >= 15 is 0 Å². The molecule has 0 spiro atoms. The van der Waals surface area contributed by atoms with Gasteiger partial charge in [-0.25, -0.2) is 0 Å². The van der Waals surface area contributed by atoms with Gasteiger partial charge >= 0.3 is 0 Å². The molecule has 4 aliphatic heterocycles. The van der Waals surface area contributed by atoms with Gasteiger partial charge in [0.25, 0.3) is 0 Å². The lowest BCUT2D eigenvalue weighted by molar-refractivity contribution is 0.321. The second-order valence-corrected chi connectivity index (χ2v) is 9.25. The van der Waals surface area contributed by atoms with E-state index in [2.05, 4.69) is 56.4 Å². The van der Waals surface area contributed by atoms with Crippen molar-refractivity contribution in [1.29, 1.82) is 0 Å². The van der Waals surface area contributed by atoms with Gasteiger partial charge in [-0.3, -0.25) is 0 Å². The average molecular weight is 475 g/mol. The molecule has 0 aromatic carbocycles. The van der Waals surface area contributed by atoms with Gasteiger partial charge in [-0.05, 0) is 0 Å². The third kappa shape index (κ3) is 4.56. The van der Waals surface area contributed by atoms with Crippen molar-refractivity contribution in [3.8, 4) is 0 Å². The molecular weight excluding hydrogens is 450 g/mol. The van der Waals surface area contributed by atoms with Crippen LogP contribution in [-0.2, 0) is 39.3 Å². The summed E-state index contributed by atoms with van der Waals surface area (Å²) in [6, 6.07) is 12.5. The van der Waals surface area contributed by atoms with E-state index in [4.69, 9.17) is 15.0 Å². The summed E-state index contributed by atoms with van der Waals surface area (Å²) in [5.74, 6) is 0. The second kappa shape index (κ2) is 8.82. The highest BCUT2D eigenvalue weighted by atomic mass is 15.4. The van der Waals surface area contributed by atoms with Crippen LogP contribution in [0.1, 0.15) is 34.2 Å². The molecule has 12 bridgehead atoms. The molecular formula is C27H24N9-3. The van der Waals surface area contributed by atoms with Crippen LogP contribution < -0.4 is 15.0 Å². The molecule has 0 N–H and O–H groups in total. The first-order chi connectivity index (χ1) is 17.7. The van der Waals surface area contributed by atoms with Gasteiger partial charge < -0.3 is 44.4 Å². The van der Waals surface area contributed by atoms with E-state index in [-0.39, 0.29) is 0 Å². The molecule has 4 aliphatic rings. The van der Waals surface area contributed by atoms with E-state index < -0.39 is 0 Å². The summed E-state index contributed by atoms with van der Waals surface area (Å²) < 4.78 is 0. The van der Waals surface area contributed by atoms with Gasteiger partial charge in [-0.2, -0.15) is 0 Å². The molecule has 9 nitrogen and oxygen atoms in total. The predicted octanol–water partition coefficient (Wildman–Crippen LogP) is 2.23. The summed E-state index contributed by atoms with van der Waals surface area (Å²) in [5.41, 5.74) is 6.09. The smallest absolute Gasteiger partial charge is 0.208 e. The van der Waals surface area contributed by atoms with Crippen molar-refractivity contribution in [2.24, 2.45) is 0 Å². The average Bonchev–Trinajstić information content (AvgIpc) is 3.68. The van der Waals surface area contributed by atoms with E-state index in [0.717, 1.165) is 34.2 Å². The Balaban J connectivity index is 1.08. The number of nitrogens with zero attached hydrogens (tertiary/aromatic N) is 9. The Morgan fingerprint density at radius 2 is 0.556 bits per heavy atom. The zero-order valence-corrected chi connectivity index (χ0v) is 19.7. The van der Waals surface area contributed by atoms with Crippen molar-refractivity contribution in [1.82, 2.24) is 44.4 Å². The van der Waals surface area contributed by atoms with Gasteiger partial charge in [0, 0.05) is 76.5 Å². The van der Waals surface area contributed by atoms with Crippen LogP contribution in [0, 0.1) is 20.0 Å². The van der Waals surface area contributed by atoms with Crippen LogP contribution in [0.5, 0.6) is 0 Å². The summed E-state index contributed by atoms with van der Waals surface area (Å²) in [5, 5.41) is 0. The molecule has 6 radical (unpaired) electrons. The molecule has 3 aromatic rings. The van der Waals surface area contributed by atoms with Crippen molar-refractivity contribution in [2.45, 2.75) is 39.3 Å². The molecule has 0 unspecified atom stereocenters. The molecule has 7 heterocycles. The highest BCUT2D eigenvalue weighted by molar-refractivity contribution is 5.19. The quantitative estimate of drug-likeness (QED) is 0.488. The third-order valence-corrected chi connectivity index (χ3v) is 6.31. The van der Waals surface area contributed by atoms with Gasteiger partial charge in [-0.1, -0.05) is 36.4 Å². The Labute approximate surface area is 211 Å². The second-order valence-electron chi connectivity index (χ2n) is 9.25. The minimum atomic E-state index is 0.677. The number of hydrogen-bond donors (Lipinski definition) is 0. The zero-order valence-electron chi connectivity index (χ0n) is 19.7. The van der Waals surface area contributed by atoms with Crippen molar-refractivity contribution < 1.29 is 0 Å². The van der Waals surface area contributed by atoms with Gasteiger partial charge in [0.15, 0.2) is 0 Å². The SMILES string of the molecule is [C]1N2C=CN1Cc1ccc([n-]1)CN1[C]N(C=C1)Cc1ccc([n-]1)CN1[C]N(C=C1)Cc1ccc([n-]1)C2. The topological polar surface area (TPSA) is 61.7 Å². The van der Waals surface area contributed by atoms with E-state index in [1.165, 1.54) is 0 Å². The van der Waals surface area contributed by atoms with Crippen LogP contribution in [0.25, 0.3) is 0 Å². The molecule has 0 amide bonds. The minimum Gasteiger partial charge on any atom is -0.662 e. The summed E-state index contributed by atoms with van der Waals surface area (Å²) in [6.45, 7) is 14.2. The van der Waals surface area contributed by atoms with Crippen LogP contribution in [-0.4, -0.2) is 29.4 Å². The van der Waals surface area contributed by atoms with Gasteiger partial charge in [0.05, 0.1) is 0 Å². The maximum atomic E-state index is 4.81. The Morgan fingerprint density at radius 1 is 0.361 bits per heavy atom. The predicted molar refractivity (Wildman–Crippen MR) is 130 cm³/mol. The summed E-state index contributed by atoms with van der Waals surface area (Å²) >= 11 is 0. The fraction of sp³-hybridized carbons (Fsp3) is 0.222. The normalized spacial score (nSPS) is 19.7. The van der Waals surface area contributed by atoms with Crippen molar-refractivity contribution >= 4 is 0 Å². The molecule has 36 heavy (non-hydrogen) atoms. The Bertz CT molecular complexity index is 1050. The molecule has 7 rings (SSSR count). The van der Waals surface area contributed by atoms with E-state index in [1.54, 1.807) is 0 Å². The largest absolute Gasteiger partial charge is 0.662 e. The highest BCUT2D eigenvalue weighted by Crippen LogP contribution is 2.22. The van der Waals surface area contributed by atoms with Crippen molar-refractivity contribution in [3.63, 3.8) is 0 Å². The highest BCUT2D eigenvalue weighted by Gasteiger charge is 2.17. The first-order valence-electron chi connectivity index (χ1n) is 12.0. The summed E-state index contributed by atoms with van der Waals surface area (Å²) in [4.78, 5) is 26.6. The van der Waals surface area contributed by atoms with Crippen molar-refractivity contribution in [2.75, 3.05) is 0 Å². The minimum absolute atomic E-state index is 0.677. The van der Waals surface area contributed by atoms with Crippen LogP contribution in [0.2, 0.25) is 0 Å². The Hall–Kier alpha value is -4.14. The first-order valence-corrected chi connectivity index (χ1v) is 12.0. The van der Waals surface area contributed by atoms with Crippen LogP contribution in [0.15, 0.2) is 73.6 Å². The molecule has 0 fully saturated rings. The summed E-state index contributed by atoms with van der Waals surface area (Å²) in [6.07, 6.45) is 12.2. The molecule has 9 heteroatoms. The molecule has 0 saturated carbocycles. The first kappa shape index (κ1) is 21.2. The molecule has 0 aliphatic carbocycles. The van der Waals surface area contributed by atoms with Crippen LogP contribution in [0.3, 0.4) is 0 Å². The maximum Gasteiger partial charge on any atom is 0.208 e. The van der Waals surface area contributed by atoms with E-state index in [0.29, 0.717) is 39.3 Å². The molecule has 0 atom stereocenters. The fourth-order valence-electron chi connectivity index (χ4n) is 4.64. The van der Waals surface area contributed by atoms with Gasteiger partial charge in [0.2, 0.25) is 20.0 Å². The number of rotatable bonds is 0. The Morgan fingerprint density at radius 3 is 0.750 bits per heavy atom. The molecule has 3 aromatic heterocycles. The fourth-order valence-corrected chi connectivity index (χ4v) is 4.64. The Kier molecular flexibility index (Phi) is 5.18. The van der Waals surface area contributed by atoms with Crippen molar-refractivity contribution in [3.05, 3.63) is 128 Å². The zero-order chi connectivity index (χ0) is 23.9. The van der Waals surface area contributed by atoms with E-state index in [9.17, 15) is 0 Å². The van der Waals surface area contributed by atoms with Crippen LogP contribution >= 0.6 is 0 Å². The molecule has 0 saturated heterocycles. The number of aromatic nitrogens is 3. The number of hydrogen-bond acceptors (Lipinski definition) is 6. The van der Waals surface area contributed by atoms with Crippen LogP contribution in [0.4, 0.5) is 0 Å². The van der Waals surface area contributed by atoms with Gasteiger partial charge in [-0.15, -0.1) is 34.2 Å². The maximum absolute atomic E-state index is 4.81. The monoisotopic (exact) mass is 474 g/mol. The lowest BCUT2D eigenvalue weighted by Gasteiger charge is -2.25.